The molecule has 2 aromatic rings. The Labute approximate surface area is 157 Å². The minimum Gasteiger partial charge on any atom is -0.411 e. The number of aryl methyl sites for hydroxylation is 1. The van der Waals surface area contributed by atoms with Gasteiger partial charge in [0.1, 0.15) is 5.54 Å². The standard InChI is InChI=1S/C19H22N4O2S/c1-13-7-6-8-15(11-13)17-22-23-18(25-17)26-14(2)16(24)21-19(12-20)9-4-3-5-10-19/h6-8,11,14H,3-5,9-10H2,1-2H3,(H,21,24)/t14-/m1/s1. The lowest BCUT2D eigenvalue weighted by atomic mass is 9.83. The summed E-state index contributed by atoms with van der Waals surface area (Å²) in [5.41, 5.74) is 1.23. The van der Waals surface area contributed by atoms with Gasteiger partial charge in [0.05, 0.1) is 11.3 Å². The van der Waals surface area contributed by atoms with Crippen molar-refractivity contribution in [1.82, 2.24) is 15.5 Å². The molecule has 0 unspecified atom stereocenters. The first-order valence-electron chi connectivity index (χ1n) is 8.82. The summed E-state index contributed by atoms with van der Waals surface area (Å²) in [6.07, 6.45) is 4.49. The molecule has 7 heteroatoms. The van der Waals surface area contributed by atoms with E-state index in [0.717, 1.165) is 30.4 Å². The largest absolute Gasteiger partial charge is 0.411 e. The molecule has 0 spiro atoms. The molecular formula is C19H22N4O2S. The van der Waals surface area contributed by atoms with Gasteiger partial charge in [0.25, 0.3) is 5.22 Å². The molecule has 0 bridgehead atoms. The summed E-state index contributed by atoms with van der Waals surface area (Å²) in [5.74, 6) is 0.262. The van der Waals surface area contributed by atoms with Gasteiger partial charge in [-0.1, -0.05) is 48.7 Å². The summed E-state index contributed by atoms with van der Waals surface area (Å²) in [7, 11) is 0. The molecule has 1 aliphatic carbocycles. The van der Waals surface area contributed by atoms with E-state index in [2.05, 4.69) is 21.6 Å². The summed E-state index contributed by atoms with van der Waals surface area (Å²) in [5, 5.41) is 20.5. The minimum atomic E-state index is -0.730. The van der Waals surface area contributed by atoms with Crippen LogP contribution in [0.2, 0.25) is 0 Å². The molecule has 0 aliphatic heterocycles. The molecule has 3 rings (SSSR count). The fourth-order valence-corrected chi connectivity index (χ4v) is 3.80. The van der Waals surface area contributed by atoms with Crippen molar-refractivity contribution in [2.24, 2.45) is 0 Å². The number of rotatable bonds is 5. The first kappa shape index (κ1) is 18.5. The summed E-state index contributed by atoms with van der Waals surface area (Å²) in [6, 6.07) is 10.1. The number of amides is 1. The Morgan fingerprint density at radius 3 is 2.81 bits per heavy atom. The molecule has 0 radical (unpaired) electrons. The lowest BCUT2D eigenvalue weighted by Crippen LogP contribution is -2.50. The number of nitrogens with one attached hydrogen (secondary N) is 1. The van der Waals surface area contributed by atoms with E-state index in [4.69, 9.17) is 4.42 Å². The van der Waals surface area contributed by atoms with Gasteiger partial charge in [0.2, 0.25) is 11.8 Å². The third-order valence-electron chi connectivity index (χ3n) is 4.60. The first-order chi connectivity index (χ1) is 12.5. The van der Waals surface area contributed by atoms with Gasteiger partial charge in [-0.2, -0.15) is 5.26 Å². The average molecular weight is 370 g/mol. The topological polar surface area (TPSA) is 91.8 Å². The van der Waals surface area contributed by atoms with Crippen molar-refractivity contribution in [3.63, 3.8) is 0 Å². The molecular weight excluding hydrogens is 348 g/mol. The number of carbonyl (C=O) groups excluding carboxylic acids is 1. The van der Waals surface area contributed by atoms with Crippen LogP contribution >= 0.6 is 11.8 Å². The van der Waals surface area contributed by atoms with Crippen molar-refractivity contribution in [2.75, 3.05) is 0 Å². The first-order valence-corrected chi connectivity index (χ1v) is 9.70. The number of benzene rings is 1. The molecule has 0 saturated heterocycles. The molecule has 1 N–H and O–H groups in total. The maximum atomic E-state index is 12.5. The molecule has 1 aromatic heterocycles. The lowest BCUT2D eigenvalue weighted by molar-refractivity contribution is -0.122. The van der Waals surface area contributed by atoms with E-state index < -0.39 is 10.8 Å². The number of aromatic nitrogens is 2. The molecule has 6 nitrogen and oxygen atoms in total. The Morgan fingerprint density at radius 2 is 2.12 bits per heavy atom. The van der Waals surface area contributed by atoms with Crippen LogP contribution in [0.15, 0.2) is 33.9 Å². The number of nitrogens with zero attached hydrogens (tertiary/aromatic N) is 3. The molecule has 136 valence electrons. The second kappa shape index (κ2) is 7.92. The summed E-state index contributed by atoms with van der Waals surface area (Å²) >= 11 is 1.21. The predicted molar refractivity (Wildman–Crippen MR) is 99.4 cm³/mol. The van der Waals surface area contributed by atoms with E-state index in [-0.39, 0.29) is 5.91 Å². The Hall–Kier alpha value is -2.33. The minimum absolute atomic E-state index is 0.172. The highest BCUT2D eigenvalue weighted by atomic mass is 32.2. The van der Waals surface area contributed by atoms with E-state index in [1.165, 1.54) is 11.8 Å². The second-order valence-corrected chi connectivity index (χ2v) is 8.04. The number of hydrogen-bond acceptors (Lipinski definition) is 6. The van der Waals surface area contributed by atoms with Crippen molar-refractivity contribution in [2.45, 2.75) is 62.0 Å². The third kappa shape index (κ3) is 4.25. The van der Waals surface area contributed by atoms with Crippen LogP contribution in [0.3, 0.4) is 0 Å². The van der Waals surface area contributed by atoms with E-state index in [1.807, 2.05) is 31.2 Å². The zero-order chi connectivity index (χ0) is 18.6. The fraction of sp³-hybridized carbons (Fsp3) is 0.474. The highest BCUT2D eigenvalue weighted by molar-refractivity contribution is 8.00. The smallest absolute Gasteiger partial charge is 0.277 e. The normalized spacial score (nSPS) is 17.3. The Kier molecular flexibility index (Phi) is 5.62. The Bertz CT molecular complexity index is 821. The van der Waals surface area contributed by atoms with E-state index in [0.29, 0.717) is 24.0 Å². The van der Waals surface area contributed by atoms with Crippen molar-refractivity contribution < 1.29 is 9.21 Å². The van der Waals surface area contributed by atoms with Gasteiger partial charge >= 0.3 is 0 Å². The monoisotopic (exact) mass is 370 g/mol. The van der Waals surface area contributed by atoms with Crippen molar-refractivity contribution >= 4 is 17.7 Å². The van der Waals surface area contributed by atoms with Crippen LogP contribution in [0, 0.1) is 18.3 Å². The van der Waals surface area contributed by atoms with Gasteiger partial charge in [-0.3, -0.25) is 4.79 Å². The zero-order valence-electron chi connectivity index (χ0n) is 15.0. The molecule has 1 aliphatic rings. The van der Waals surface area contributed by atoms with Gasteiger partial charge in [0, 0.05) is 5.56 Å². The number of carbonyl (C=O) groups is 1. The van der Waals surface area contributed by atoms with Crippen LogP contribution in [0.1, 0.15) is 44.6 Å². The van der Waals surface area contributed by atoms with E-state index >= 15 is 0 Å². The van der Waals surface area contributed by atoms with Crippen molar-refractivity contribution in [1.29, 1.82) is 5.26 Å². The Morgan fingerprint density at radius 1 is 1.35 bits per heavy atom. The fourth-order valence-electron chi connectivity index (χ4n) is 3.11. The van der Waals surface area contributed by atoms with Crippen LogP contribution in [0.5, 0.6) is 0 Å². The van der Waals surface area contributed by atoms with Crippen molar-refractivity contribution in [3.05, 3.63) is 29.8 Å². The highest BCUT2D eigenvalue weighted by Gasteiger charge is 2.35. The average Bonchev–Trinajstić information content (AvgIpc) is 3.11. The highest BCUT2D eigenvalue weighted by Crippen LogP contribution is 2.30. The molecule has 1 atom stereocenters. The summed E-state index contributed by atoms with van der Waals surface area (Å²) < 4.78 is 5.68. The SMILES string of the molecule is Cc1cccc(-c2nnc(S[C@H](C)C(=O)NC3(C#N)CCCCC3)o2)c1. The second-order valence-electron chi connectivity index (χ2n) is 6.75. The van der Waals surface area contributed by atoms with Gasteiger partial charge in [-0.05, 0) is 38.8 Å². The lowest BCUT2D eigenvalue weighted by Gasteiger charge is -2.32. The maximum absolute atomic E-state index is 12.5. The molecule has 1 aromatic carbocycles. The number of nitriles is 1. The van der Waals surface area contributed by atoms with Crippen LogP contribution in [-0.2, 0) is 4.79 Å². The number of hydrogen-bond donors (Lipinski definition) is 1. The molecule has 26 heavy (non-hydrogen) atoms. The van der Waals surface area contributed by atoms with Crippen LogP contribution in [0.25, 0.3) is 11.5 Å². The van der Waals surface area contributed by atoms with Gasteiger partial charge in [-0.25, -0.2) is 0 Å². The molecule has 1 saturated carbocycles. The van der Waals surface area contributed by atoms with Crippen LogP contribution in [0.4, 0.5) is 0 Å². The van der Waals surface area contributed by atoms with Gasteiger partial charge < -0.3 is 9.73 Å². The molecule has 1 heterocycles. The third-order valence-corrected chi connectivity index (χ3v) is 5.54. The van der Waals surface area contributed by atoms with Crippen LogP contribution in [-0.4, -0.2) is 26.9 Å². The van der Waals surface area contributed by atoms with Crippen LogP contribution < -0.4 is 5.32 Å². The zero-order valence-corrected chi connectivity index (χ0v) is 15.8. The quantitative estimate of drug-likeness (QED) is 0.803. The Balaban J connectivity index is 1.63. The summed E-state index contributed by atoms with van der Waals surface area (Å²) in [4.78, 5) is 12.5. The number of thioether (sulfide) groups is 1. The maximum Gasteiger partial charge on any atom is 0.277 e. The van der Waals surface area contributed by atoms with Gasteiger partial charge in [-0.15, -0.1) is 10.2 Å². The molecule has 1 fully saturated rings. The molecule has 1 amide bonds. The van der Waals surface area contributed by atoms with Crippen molar-refractivity contribution in [3.8, 4) is 17.5 Å². The summed E-state index contributed by atoms with van der Waals surface area (Å²) in [6.45, 7) is 3.78. The van der Waals surface area contributed by atoms with E-state index in [1.54, 1.807) is 6.92 Å². The van der Waals surface area contributed by atoms with E-state index in [9.17, 15) is 10.1 Å². The predicted octanol–water partition coefficient (Wildman–Crippen LogP) is 3.87. The van der Waals surface area contributed by atoms with Gasteiger partial charge in [0.15, 0.2) is 0 Å².